The number of methoxy groups -OCH3 is 1. The number of hydrogen-bond donors (Lipinski definition) is 0. The van der Waals surface area contributed by atoms with Crippen LogP contribution in [0.3, 0.4) is 0 Å². The largest absolute Gasteiger partial charge is 0.493 e. The van der Waals surface area contributed by atoms with Crippen molar-refractivity contribution in [3.05, 3.63) is 23.8 Å². The summed E-state index contributed by atoms with van der Waals surface area (Å²) >= 11 is 0. The minimum absolute atomic E-state index is 0.617. The molecule has 2 rings (SSSR count). The van der Waals surface area contributed by atoms with E-state index < -0.39 is 0 Å². The number of para-hydroxylation sites is 1. The van der Waals surface area contributed by atoms with Gasteiger partial charge in [-0.05, 0) is 12.5 Å². The van der Waals surface area contributed by atoms with E-state index in [1.807, 2.05) is 12.1 Å². The van der Waals surface area contributed by atoms with Crippen molar-refractivity contribution in [3.8, 4) is 17.6 Å². The molecule has 1 aliphatic rings. The van der Waals surface area contributed by atoms with Crippen LogP contribution in [0.25, 0.3) is 0 Å². The SMILES string of the molecule is CCCCCOc1c(CN2CCN(CCC#N)CC2)cccc1OC. The third kappa shape index (κ3) is 6.22. The van der Waals surface area contributed by atoms with Gasteiger partial charge in [0.1, 0.15) is 0 Å². The minimum Gasteiger partial charge on any atom is -0.493 e. The van der Waals surface area contributed by atoms with Crippen LogP contribution in [0.2, 0.25) is 0 Å². The molecule has 0 spiro atoms. The Morgan fingerprint density at radius 2 is 1.88 bits per heavy atom. The zero-order chi connectivity index (χ0) is 17.9. The second-order valence-corrected chi connectivity index (χ2v) is 6.53. The van der Waals surface area contributed by atoms with E-state index in [0.29, 0.717) is 6.42 Å². The molecule has 0 unspecified atom stereocenters. The van der Waals surface area contributed by atoms with Crippen LogP contribution in [0.1, 0.15) is 38.2 Å². The Morgan fingerprint density at radius 3 is 2.56 bits per heavy atom. The van der Waals surface area contributed by atoms with Gasteiger partial charge in [-0.3, -0.25) is 9.80 Å². The highest BCUT2D eigenvalue weighted by atomic mass is 16.5. The molecule has 138 valence electrons. The van der Waals surface area contributed by atoms with Crippen LogP contribution in [0.4, 0.5) is 0 Å². The summed E-state index contributed by atoms with van der Waals surface area (Å²) in [5, 5.41) is 8.72. The van der Waals surface area contributed by atoms with Crippen LogP contribution in [0.15, 0.2) is 18.2 Å². The maximum absolute atomic E-state index is 8.72. The van der Waals surface area contributed by atoms with Gasteiger partial charge in [-0.15, -0.1) is 0 Å². The van der Waals surface area contributed by atoms with Crippen molar-refractivity contribution in [2.45, 2.75) is 39.2 Å². The van der Waals surface area contributed by atoms with Gasteiger partial charge in [-0.25, -0.2) is 0 Å². The van der Waals surface area contributed by atoms with Gasteiger partial charge in [-0.1, -0.05) is 31.9 Å². The van der Waals surface area contributed by atoms with Gasteiger partial charge >= 0.3 is 0 Å². The van der Waals surface area contributed by atoms with Crippen molar-refractivity contribution in [2.24, 2.45) is 0 Å². The second-order valence-electron chi connectivity index (χ2n) is 6.53. The fourth-order valence-electron chi connectivity index (χ4n) is 3.16. The van der Waals surface area contributed by atoms with Crippen molar-refractivity contribution >= 4 is 0 Å². The van der Waals surface area contributed by atoms with E-state index in [0.717, 1.165) is 63.8 Å². The third-order valence-corrected chi connectivity index (χ3v) is 4.67. The normalized spacial score (nSPS) is 15.7. The highest BCUT2D eigenvalue weighted by Gasteiger charge is 2.19. The Hall–Kier alpha value is -1.77. The zero-order valence-corrected chi connectivity index (χ0v) is 15.7. The lowest BCUT2D eigenvalue weighted by molar-refractivity contribution is 0.127. The van der Waals surface area contributed by atoms with Gasteiger partial charge in [0, 0.05) is 51.3 Å². The van der Waals surface area contributed by atoms with Gasteiger partial charge in [-0.2, -0.15) is 5.26 Å². The standard InChI is InChI=1S/C20H31N3O2/c1-3-4-5-16-25-20-18(8-6-9-19(20)24-2)17-23-14-12-22(13-15-23)11-7-10-21/h6,8-9H,3-5,7,11-17H2,1-2H3. The summed E-state index contributed by atoms with van der Waals surface area (Å²) in [4.78, 5) is 4.82. The molecule has 1 saturated heterocycles. The maximum Gasteiger partial charge on any atom is 0.165 e. The van der Waals surface area contributed by atoms with Gasteiger partial charge in [0.2, 0.25) is 0 Å². The maximum atomic E-state index is 8.72. The molecule has 1 fully saturated rings. The van der Waals surface area contributed by atoms with Gasteiger partial charge < -0.3 is 9.47 Å². The molecule has 25 heavy (non-hydrogen) atoms. The summed E-state index contributed by atoms with van der Waals surface area (Å²) in [6, 6.07) is 8.38. The first-order valence-electron chi connectivity index (χ1n) is 9.38. The van der Waals surface area contributed by atoms with Crippen LogP contribution in [-0.4, -0.2) is 56.2 Å². The molecule has 0 amide bonds. The Bertz CT molecular complexity index is 548. The molecule has 0 aromatic heterocycles. The number of rotatable bonds is 10. The predicted octanol–water partition coefficient (Wildman–Crippen LogP) is 3.30. The highest BCUT2D eigenvalue weighted by molar-refractivity contribution is 5.46. The molecule has 0 saturated carbocycles. The van der Waals surface area contributed by atoms with Crippen molar-refractivity contribution in [1.29, 1.82) is 5.26 Å². The molecule has 1 aromatic carbocycles. The Kier molecular flexibility index (Phi) is 8.58. The third-order valence-electron chi connectivity index (χ3n) is 4.67. The van der Waals surface area contributed by atoms with E-state index in [4.69, 9.17) is 14.7 Å². The molecule has 0 atom stereocenters. The summed E-state index contributed by atoms with van der Waals surface area (Å²) in [6.07, 6.45) is 4.07. The lowest BCUT2D eigenvalue weighted by Gasteiger charge is -2.34. The topological polar surface area (TPSA) is 48.7 Å². The first kappa shape index (κ1) is 19.6. The van der Waals surface area contributed by atoms with E-state index in [2.05, 4.69) is 28.9 Å². The molecular weight excluding hydrogens is 314 g/mol. The molecule has 0 bridgehead atoms. The van der Waals surface area contributed by atoms with Crippen LogP contribution >= 0.6 is 0 Å². The van der Waals surface area contributed by atoms with Crippen LogP contribution in [-0.2, 0) is 6.54 Å². The quantitative estimate of drug-likeness (QED) is 0.609. The van der Waals surface area contributed by atoms with Crippen molar-refractivity contribution < 1.29 is 9.47 Å². The monoisotopic (exact) mass is 345 g/mol. The number of benzene rings is 1. The number of nitrogens with zero attached hydrogens (tertiary/aromatic N) is 3. The summed E-state index contributed by atoms with van der Waals surface area (Å²) in [6.45, 7) is 8.81. The van der Waals surface area contributed by atoms with E-state index in [9.17, 15) is 0 Å². The molecular formula is C20H31N3O2. The first-order chi connectivity index (χ1) is 12.3. The predicted molar refractivity (Wildman–Crippen MR) is 100.0 cm³/mol. The average molecular weight is 345 g/mol. The van der Waals surface area contributed by atoms with Crippen LogP contribution in [0, 0.1) is 11.3 Å². The summed E-state index contributed by atoms with van der Waals surface area (Å²) in [5.41, 5.74) is 1.20. The number of ether oxygens (including phenoxy) is 2. The number of piperazine rings is 1. The fraction of sp³-hybridized carbons (Fsp3) is 0.650. The van der Waals surface area contributed by atoms with Gasteiger partial charge in [0.25, 0.3) is 0 Å². The van der Waals surface area contributed by atoms with Crippen LogP contribution < -0.4 is 9.47 Å². The van der Waals surface area contributed by atoms with Crippen LogP contribution in [0.5, 0.6) is 11.5 Å². The van der Waals surface area contributed by atoms with Gasteiger partial charge in [0.15, 0.2) is 11.5 Å². The number of hydrogen-bond acceptors (Lipinski definition) is 5. The van der Waals surface area contributed by atoms with Crippen molar-refractivity contribution in [1.82, 2.24) is 9.80 Å². The Balaban J connectivity index is 1.93. The summed E-state index contributed by atoms with van der Waals surface area (Å²) in [7, 11) is 1.70. The van der Waals surface area contributed by atoms with Crippen molar-refractivity contribution in [2.75, 3.05) is 46.4 Å². The fourth-order valence-corrected chi connectivity index (χ4v) is 3.16. The molecule has 5 nitrogen and oxygen atoms in total. The molecule has 0 N–H and O–H groups in total. The second kappa shape index (κ2) is 11.0. The summed E-state index contributed by atoms with van der Waals surface area (Å²) < 4.78 is 11.6. The smallest absolute Gasteiger partial charge is 0.165 e. The lowest BCUT2D eigenvalue weighted by atomic mass is 10.1. The van der Waals surface area contributed by atoms with E-state index in [1.165, 1.54) is 18.4 Å². The molecule has 1 aliphatic heterocycles. The zero-order valence-electron chi connectivity index (χ0n) is 15.7. The van der Waals surface area contributed by atoms with E-state index >= 15 is 0 Å². The Morgan fingerprint density at radius 1 is 1.12 bits per heavy atom. The first-order valence-corrected chi connectivity index (χ1v) is 9.38. The number of unbranched alkanes of at least 4 members (excludes halogenated alkanes) is 2. The lowest BCUT2D eigenvalue weighted by Crippen LogP contribution is -2.46. The molecule has 0 radical (unpaired) electrons. The van der Waals surface area contributed by atoms with E-state index in [-0.39, 0.29) is 0 Å². The van der Waals surface area contributed by atoms with Crippen molar-refractivity contribution in [3.63, 3.8) is 0 Å². The minimum atomic E-state index is 0.617. The average Bonchev–Trinajstić information content (AvgIpc) is 2.65. The molecule has 1 heterocycles. The molecule has 5 heteroatoms. The molecule has 0 aliphatic carbocycles. The number of nitriles is 1. The highest BCUT2D eigenvalue weighted by Crippen LogP contribution is 2.32. The van der Waals surface area contributed by atoms with E-state index in [1.54, 1.807) is 7.11 Å². The Labute approximate surface area is 152 Å². The summed E-state index contributed by atoms with van der Waals surface area (Å²) in [5.74, 6) is 1.72. The molecule has 1 aromatic rings. The van der Waals surface area contributed by atoms with Gasteiger partial charge in [0.05, 0.1) is 19.8 Å².